The van der Waals surface area contributed by atoms with E-state index in [0.29, 0.717) is 42.1 Å². The average Bonchev–Trinajstić information content (AvgIpc) is 2.99. The molecule has 2 aromatic rings. The zero-order valence-electron chi connectivity index (χ0n) is 16.1. The molecule has 1 spiro atoms. The Morgan fingerprint density at radius 3 is 2.50 bits per heavy atom. The number of amides is 4. The number of benzene rings is 2. The summed E-state index contributed by atoms with van der Waals surface area (Å²) in [6.45, 7) is 0.861. The van der Waals surface area contributed by atoms with Gasteiger partial charge >= 0.3 is 6.03 Å². The fourth-order valence-corrected chi connectivity index (χ4v) is 4.05. The smallest absolute Gasteiger partial charge is 0.325 e. The number of carbonyl (C=O) groups excluding carboxylic acids is 3. The molecule has 0 radical (unpaired) electrons. The van der Waals surface area contributed by atoms with E-state index in [1.54, 1.807) is 53.4 Å². The van der Waals surface area contributed by atoms with Gasteiger partial charge in [0.1, 0.15) is 5.54 Å². The van der Waals surface area contributed by atoms with Gasteiger partial charge in [0, 0.05) is 23.7 Å². The quantitative estimate of drug-likeness (QED) is 0.769. The zero-order valence-corrected chi connectivity index (χ0v) is 16.9. The maximum atomic E-state index is 13.1. The monoisotopic (exact) mass is 422 g/mol. The van der Waals surface area contributed by atoms with E-state index in [0.717, 1.165) is 5.56 Å². The summed E-state index contributed by atoms with van der Waals surface area (Å²) in [6, 6.07) is 15.2. The maximum Gasteiger partial charge on any atom is 0.325 e. The van der Waals surface area contributed by atoms with E-state index in [1.807, 2.05) is 6.07 Å². The van der Waals surface area contributed by atoms with Crippen LogP contribution in [0, 0.1) is 11.3 Å². The van der Waals surface area contributed by atoms with Gasteiger partial charge in [0.15, 0.2) is 0 Å². The molecule has 0 bridgehead atoms. The van der Waals surface area contributed by atoms with E-state index >= 15 is 0 Å². The molecule has 30 heavy (non-hydrogen) atoms. The van der Waals surface area contributed by atoms with Crippen molar-refractivity contribution in [3.05, 3.63) is 70.2 Å². The highest BCUT2D eigenvalue weighted by atomic mass is 35.5. The number of rotatable bonds is 3. The summed E-state index contributed by atoms with van der Waals surface area (Å²) in [7, 11) is 0. The molecular weight excluding hydrogens is 404 g/mol. The highest BCUT2D eigenvalue weighted by Gasteiger charge is 2.52. The largest absolute Gasteiger partial charge is 0.338 e. The lowest BCUT2D eigenvalue weighted by Gasteiger charge is -2.37. The fourth-order valence-electron chi connectivity index (χ4n) is 3.93. The number of hydrogen-bond donors (Lipinski definition) is 1. The fraction of sp³-hybridized carbons (Fsp3) is 0.273. The number of piperidine rings is 1. The first-order valence-electron chi connectivity index (χ1n) is 9.60. The van der Waals surface area contributed by atoms with Crippen molar-refractivity contribution in [3.8, 4) is 6.07 Å². The van der Waals surface area contributed by atoms with Crippen LogP contribution < -0.4 is 5.32 Å². The molecule has 0 aliphatic carbocycles. The maximum absolute atomic E-state index is 13.1. The number of nitrogens with zero attached hydrogens (tertiary/aromatic N) is 3. The molecule has 4 rings (SSSR count). The van der Waals surface area contributed by atoms with Gasteiger partial charge in [-0.2, -0.15) is 5.26 Å². The predicted octanol–water partition coefficient (Wildman–Crippen LogP) is 2.94. The van der Waals surface area contributed by atoms with Crippen molar-refractivity contribution in [3.63, 3.8) is 0 Å². The number of urea groups is 1. The summed E-state index contributed by atoms with van der Waals surface area (Å²) in [5.41, 5.74) is 0.695. The Hall–Kier alpha value is -3.37. The van der Waals surface area contributed by atoms with Crippen LogP contribution in [-0.4, -0.2) is 46.3 Å². The lowest BCUT2D eigenvalue weighted by Crippen LogP contribution is -2.55. The van der Waals surface area contributed by atoms with Crippen LogP contribution in [0.5, 0.6) is 0 Å². The normalized spacial score (nSPS) is 17.7. The van der Waals surface area contributed by atoms with Crippen molar-refractivity contribution in [2.24, 2.45) is 0 Å². The Morgan fingerprint density at radius 1 is 1.13 bits per heavy atom. The predicted molar refractivity (Wildman–Crippen MR) is 110 cm³/mol. The number of hydrogen-bond acceptors (Lipinski definition) is 4. The van der Waals surface area contributed by atoms with Crippen LogP contribution in [-0.2, 0) is 11.3 Å². The molecule has 2 aromatic carbocycles. The summed E-state index contributed by atoms with van der Waals surface area (Å²) in [6.07, 6.45) is 0.691. The number of nitriles is 1. The standard InChI is InChI=1S/C22H19ClN4O3/c23-18-6-4-15(5-7-18)14-27-20(29)22(25-21(27)30)8-10-26(11-9-22)19(28)17-3-1-2-16(12-17)13-24/h1-7,12H,8-11,14H2,(H,25,30). The van der Waals surface area contributed by atoms with Crippen molar-refractivity contribution < 1.29 is 14.4 Å². The zero-order chi connectivity index (χ0) is 21.3. The third-order valence-corrected chi connectivity index (χ3v) is 5.89. The lowest BCUT2D eigenvalue weighted by molar-refractivity contribution is -0.133. The van der Waals surface area contributed by atoms with Gasteiger partial charge in [-0.3, -0.25) is 14.5 Å². The SMILES string of the molecule is N#Cc1cccc(C(=O)N2CCC3(CC2)NC(=O)N(Cc2ccc(Cl)cc2)C3=O)c1. The van der Waals surface area contributed by atoms with Crippen molar-refractivity contribution in [2.75, 3.05) is 13.1 Å². The van der Waals surface area contributed by atoms with Crippen molar-refractivity contribution >= 4 is 29.4 Å². The number of halogens is 1. The molecule has 0 saturated carbocycles. The van der Waals surface area contributed by atoms with Crippen LogP contribution in [0.25, 0.3) is 0 Å². The molecule has 152 valence electrons. The van der Waals surface area contributed by atoms with E-state index in [9.17, 15) is 14.4 Å². The topological polar surface area (TPSA) is 93.5 Å². The number of imide groups is 1. The molecule has 1 N–H and O–H groups in total. The molecular formula is C22H19ClN4O3. The Kier molecular flexibility index (Phi) is 5.18. The first-order chi connectivity index (χ1) is 14.4. The van der Waals surface area contributed by atoms with Gasteiger partial charge in [0.05, 0.1) is 18.2 Å². The highest BCUT2D eigenvalue weighted by Crippen LogP contribution is 2.31. The average molecular weight is 423 g/mol. The van der Waals surface area contributed by atoms with Gasteiger partial charge < -0.3 is 10.2 Å². The van der Waals surface area contributed by atoms with E-state index in [4.69, 9.17) is 16.9 Å². The Balaban J connectivity index is 1.44. The lowest BCUT2D eigenvalue weighted by atomic mass is 9.87. The molecule has 0 aromatic heterocycles. The second-order valence-corrected chi connectivity index (χ2v) is 7.95. The molecule has 2 fully saturated rings. The minimum Gasteiger partial charge on any atom is -0.338 e. The van der Waals surface area contributed by atoms with Crippen LogP contribution in [0.1, 0.15) is 34.3 Å². The second-order valence-electron chi connectivity index (χ2n) is 7.51. The summed E-state index contributed by atoms with van der Waals surface area (Å²) in [5.74, 6) is -0.447. The highest BCUT2D eigenvalue weighted by molar-refractivity contribution is 6.30. The first-order valence-corrected chi connectivity index (χ1v) is 9.98. The van der Waals surface area contributed by atoms with E-state index in [-0.39, 0.29) is 18.4 Å². The summed E-state index contributed by atoms with van der Waals surface area (Å²) in [4.78, 5) is 41.2. The van der Waals surface area contributed by atoms with Gasteiger partial charge in [-0.1, -0.05) is 29.8 Å². The molecule has 2 aliphatic rings. The Labute approximate surface area is 178 Å². The molecule has 2 aliphatic heterocycles. The molecule has 8 heteroatoms. The minimum atomic E-state index is -0.977. The number of carbonyl (C=O) groups is 3. The number of likely N-dealkylation sites (tertiary alicyclic amines) is 1. The van der Waals surface area contributed by atoms with Crippen LogP contribution in [0.3, 0.4) is 0 Å². The molecule has 2 saturated heterocycles. The summed E-state index contributed by atoms with van der Waals surface area (Å²) in [5, 5.41) is 12.5. The number of nitrogens with one attached hydrogen (secondary N) is 1. The minimum absolute atomic E-state index is 0.174. The molecule has 0 atom stereocenters. The van der Waals surface area contributed by atoms with Gasteiger partial charge in [-0.25, -0.2) is 4.79 Å². The van der Waals surface area contributed by atoms with Crippen molar-refractivity contribution in [1.29, 1.82) is 5.26 Å². The van der Waals surface area contributed by atoms with Crippen LogP contribution in [0.2, 0.25) is 5.02 Å². The third kappa shape index (κ3) is 3.62. The molecule has 7 nitrogen and oxygen atoms in total. The van der Waals surface area contributed by atoms with E-state index in [1.165, 1.54) is 4.90 Å². The second kappa shape index (κ2) is 7.81. The van der Waals surface area contributed by atoms with Gasteiger partial charge in [-0.05, 0) is 48.7 Å². The van der Waals surface area contributed by atoms with Gasteiger partial charge in [0.25, 0.3) is 11.8 Å². The van der Waals surface area contributed by atoms with Crippen LogP contribution >= 0.6 is 11.6 Å². The Bertz CT molecular complexity index is 1050. The summed E-state index contributed by atoms with van der Waals surface area (Å²) >= 11 is 5.89. The summed E-state index contributed by atoms with van der Waals surface area (Å²) < 4.78 is 0. The third-order valence-electron chi connectivity index (χ3n) is 5.64. The molecule has 0 unspecified atom stereocenters. The molecule has 2 heterocycles. The molecule has 4 amide bonds. The van der Waals surface area contributed by atoms with Crippen LogP contribution in [0.4, 0.5) is 4.79 Å². The Morgan fingerprint density at radius 2 is 1.83 bits per heavy atom. The van der Waals surface area contributed by atoms with Crippen molar-refractivity contribution in [2.45, 2.75) is 24.9 Å². The van der Waals surface area contributed by atoms with Crippen LogP contribution in [0.15, 0.2) is 48.5 Å². The van der Waals surface area contributed by atoms with E-state index in [2.05, 4.69) is 5.32 Å². The van der Waals surface area contributed by atoms with Gasteiger partial charge in [-0.15, -0.1) is 0 Å². The first kappa shape index (κ1) is 19.9. The van der Waals surface area contributed by atoms with Gasteiger partial charge in [0.2, 0.25) is 0 Å². The van der Waals surface area contributed by atoms with E-state index < -0.39 is 11.6 Å². The van der Waals surface area contributed by atoms with Crippen molar-refractivity contribution in [1.82, 2.24) is 15.1 Å².